The number of fused-ring (bicyclic) bond motifs is 3. The predicted octanol–water partition coefficient (Wildman–Crippen LogP) is 1.65. The Balaban J connectivity index is 1.79. The van der Waals surface area contributed by atoms with Crippen molar-refractivity contribution in [1.29, 1.82) is 5.26 Å². The average molecular weight is 242 g/mol. The maximum Gasteiger partial charge on any atom is 0.101 e. The molecule has 1 atom stereocenters. The van der Waals surface area contributed by atoms with Crippen LogP contribution < -0.4 is 11.1 Å². The number of nitrogen functional groups attached to an aromatic ring is 1. The summed E-state index contributed by atoms with van der Waals surface area (Å²) in [5, 5.41) is 12.5. The van der Waals surface area contributed by atoms with E-state index in [0.717, 1.165) is 18.2 Å². The zero-order chi connectivity index (χ0) is 12.5. The van der Waals surface area contributed by atoms with E-state index in [0.29, 0.717) is 17.3 Å². The van der Waals surface area contributed by atoms with Crippen molar-refractivity contribution in [2.24, 2.45) is 5.92 Å². The molecule has 94 valence electrons. The van der Waals surface area contributed by atoms with Crippen LogP contribution in [0.5, 0.6) is 0 Å². The van der Waals surface area contributed by atoms with Crippen molar-refractivity contribution in [1.82, 2.24) is 4.90 Å². The topological polar surface area (TPSA) is 65.1 Å². The fourth-order valence-corrected chi connectivity index (χ4v) is 3.12. The first-order valence-electron chi connectivity index (χ1n) is 6.55. The number of piperidine rings is 3. The average Bonchev–Trinajstić information content (AvgIpc) is 2.42. The molecule has 0 amide bonds. The Bertz CT molecular complexity index is 483. The number of rotatable bonds is 2. The fourth-order valence-electron chi connectivity index (χ4n) is 3.12. The van der Waals surface area contributed by atoms with Gasteiger partial charge < -0.3 is 16.0 Å². The molecule has 4 rings (SSSR count). The third kappa shape index (κ3) is 1.91. The highest BCUT2D eigenvalue weighted by molar-refractivity contribution is 5.73. The summed E-state index contributed by atoms with van der Waals surface area (Å²) in [4.78, 5) is 2.50. The molecule has 4 heteroatoms. The standard InChI is InChI=1S/C14H18N4/c15-8-11-2-1-3-12(14(11)16)17-13-9-18-6-4-10(13)5-7-18/h1-3,10,13,17H,4-7,9,16H2. The quantitative estimate of drug-likeness (QED) is 0.774. The Hall–Kier alpha value is -1.73. The van der Waals surface area contributed by atoms with Crippen LogP contribution in [0.1, 0.15) is 18.4 Å². The van der Waals surface area contributed by atoms with Gasteiger partial charge in [0.05, 0.1) is 16.9 Å². The Morgan fingerprint density at radius 3 is 2.72 bits per heavy atom. The molecule has 18 heavy (non-hydrogen) atoms. The number of nitrogens with zero attached hydrogens (tertiary/aromatic N) is 2. The van der Waals surface area contributed by atoms with Gasteiger partial charge in [0, 0.05) is 12.6 Å². The van der Waals surface area contributed by atoms with Gasteiger partial charge in [0.1, 0.15) is 6.07 Å². The summed E-state index contributed by atoms with van der Waals surface area (Å²) in [6, 6.07) is 8.22. The molecule has 2 bridgehead atoms. The maximum absolute atomic E-state index is 8.99. The Kier molecular flexibility index (Phi) is 2.85. The van der Waals surface area contributed by atoms with Crippen LogP contribution in [0.3, 0.4) is 0 Å². The number of nitrogens with two attached hydrogens (primary N) is 1. The van der Waals surface area contributed by atoms with E-state index in [4.69, 9.17) is 11.0 Å². The van der Waals surface area contributed by atoms with E-state index in [1.54, 1.807) is 6.07 Å². The molecular weight excluding hydrogens is 224 g/mol. The van der Waals surface area contributed by atoms with Gasteiger partial charge in [0.25, 0.3) is 0 Å². The molecule has 3 N–H and O–H groups in total. The van der Waals surface area contributed by atoms with Gasteiger partial charge in [-0.15, -0.1) is 0 Å². The summed E-state index contributed by atoms with van der Waals surface area (Å²) >= 11 is 0. The molecular formula is C14H18N4. The van der Waals surface area contributed by atoms with Crippen LogP contribution in [0.4, 0.5) is 11.4 Å². The first-order chi connectivity index (χ1) is 8.78. The molecule has 0 radical (unpaired) electrons. The van der Waals surface area contributed by atoms with Crippen LogP contribution in [0.15, 0.2) is 18.2 Å². The summed E-state index contributed by atoms with van der Waals surface area (Å²) in [6.07, 6.45) is 2.55. The van der Waals surface area contributed by atoms with Gasteiger partial charge in [0.15, 0.2) is 0 Å². The highest BCUT2D eigenvalue weighted by Gasteiger charge is 2.34. The number of nitrogens with one attached hydrogen (secondary N) is 1. The summed E-state index contributed by atoms with van der Waals surface area (Å²) in [6.45, 7) is 3.56. The number of anilines is 2. The minimum atomic E-state index is 0.476. The highest BCUT2D eigenvalue weighted by atomic mass is 15.2. The lowest BCUT2D eigenvalue weighted by atomic mass is 9.84. The van der Waals surface area contributed by atoms with E-state index in [1.165, 1.54) is 25.9 Å². The third-order valence-electron chi connectivity index (χ3n) is 4.22. The minimum absolute atomic E-state index is 0.476. The molecule has 0 aromatic heterocycles. The van der Waals surface area contributed by atoms with Crippen LogP contribution in [0.2, 0.25) is 0 Å². The van der Waals surface area contributed by atoms with Gasteiger partial charge in [-0.2, -0.15) is 5.26 Å². The highest BCUT2D eigenvalue weighted by Crippen LogP contribution is 2.31. The van der Waals surface area contributed by atoms with E-state index < -0.39 is 0 Å². The van der Waals surface area contributed by atoms with Crippen molar-refractivity contribution >= 4 is 11.4 Å². The van der Waals surface area contributed by atoms with Crippen molar-refractivity contribution in [2.75, 3.05) is 30.7 Å². The van der Waals surface area contributed by atoms with E-state index >= 15 is 0 Å². The molecule has 3 aliphatic rings. The number of hydrogen-bond donors (Lipinski definition) is 2. The van der Waals surface area contributed by atoms with Gasteiger partial charge >= 0.3 is 0 Å². The molecule has 1 unspecified atom stereocenters. The van der Waals surface area contributed by atoms with Crippen LogP contribution in [-0.4, -0.2) is 30.6 Å². The molecule has 3 saturated heterocycles. The van der Waals surface area contributed by atoms with Crippen LogP contribution in [0, 0.1) is 17.2 Å². The second kappa shape index (κ2) is 4.51. The van der Waals surface area contributed by atoms with Gasteiger partial charge in [0.2, 0.25) is 0 Å². The van der Waals surface area contributed by atoms with Crippen molar-refractivity contribution in [2.45, 2.75) is 18.9 Å². The lowest BCUT2D eigenvalue weighted by Crippen LogP contribution is -2.53. The van der Waals surface area contributed by atoms with Gasteiger partial charge in [-0.1, -0.05) is 6.07 Å². The molecule has 1 aromatic carbocycles. The molecule has 3 aliphatic heterocycles. The van der Waals surface area contributed by atoms with E-state index in [9.17, 15) is 0 Å². The zero-order valence-electron chi connectivity index (χ0n) is 10.4. The van der Waals surface area contributed by atoms with Gasteiger partial charge in [-0.05, 0) is 44.0 Å². The molecule has 4 nitrogen and oxygen atoms in total. The van der Waals surface area contributed by atoms with Gasteiger partial charge in [-0.25, -0.2) is 0 Å². The van der Waals surface area contributed by atoms with Crippen LogP contribution in [-0.2, 0) is 0 Å². The SMILES string of the molecule is N#Cc1cccc(NC2CN3CCC2CC3)c1N. The summed E-state index contributed by atoms with van der Waals surface area (Å²) in [7, 11) is 0. The largest absolute Gasteiger partial charge is 0.396 e. The normalized spacial score (nSPS) is 29.8. The van der Waals surface area contributed by atoms with Crippen molar-refractivity contribution in [3.8, 4) is 6.07 Å². The fraction of sp³-hybridized carbons (Fsp3) is 0.500. The Morgan fingerprint density at radius 2 is 2.11 bits per heavy atom. The first-order valence-corrected chi connectivity index (χ1v) is 6.55. The van der Waals surface area contributed by atoms with E-state index in [2.05, 4.69) is 16.3 Å². The van der Waals surface area contributed by atoms with E-state index in [-0.39, 0.29) is 0 Å². The third-order valence-corrected chi connectivity index (χ3v) is 4.22. The van der Waals surface area contributed by atoms with Crippen molar-refractivity contribution in [3.63, 3.8) is 0 Å². The number of hydrogen-bond acceptors (Lipinski definition) is 4. The molecule has 0 saturated carbocycles. The zero-order valence-corrected chi connectivity index (χ0v) is 10.4. The minimum Gasteiger partial charge on any atom is -0.396 e. The van der Waals surface area contributed by atoms with E-state index in [1.807, 2.05) is 12.1 Å². The predicted molar refractivity (Wildman–Crippen MR) is 72.1 cm³/mol. The Labute approximate surface area is 107 Å². The second-order valence-corrected chi connectivity index (χ2v) is 5.27. The molecule has 1 aromatic rings. The molecule has 0 aliphatic carbocycles. The molecule has 3 fully saturated rings. The maximum atomic E-state index is 8.99. The first kappa shape index (κ1) is 11.4. The molecule has 0 spiro atoms. The number of benzene rings is 1. The lowest BCUT2D eigenvalue weighted by Gasteiger charge is -2.45. The van der Waals surface area contributed by atoms with Crippen LogP contribution >= 0.6 is 0 Å². The van der Waals surface area contributed by atoms with Crippen molar-refractivity contribution < 1.29 is 0 Å². The number of nitriles is 1. The lowest BCUT2D eigenvalue weighted by molar-refractivity contribution is 0.0975. The monoisotopic (exact) mass is 242 g/mol. The number of para-hydroxylation sites is 1. The second-order valence-electron chi connectivity index (χ2n) is 5.27. The smallest absolute Gasteiger partial charge is 0.101 e. The van der Waals surface area contributed by atoms with Crippen molar-refractivity contribution in [3.05, 3.63) is 23.8 Å². The molecule has 3 heterocycles. The summed E-state index contributed by atoms with van der Waals surface area (Å²) in [5.74, 6) is 0.750. The summed E-state index contributed by atoms with van der Waals surface area (Å²) in [5.41, 5.74) is 8.06. The summed E-state index contributed by atoms with van der Waals surface area (Å²) < 4.78 is 0. The van der Waals surface area contributed by atoms with Crippen LogP contribution in [0.25, 0.3) is 0 Å². The Morgan fingerprint density at radius 1 is 1.33 bits per heavy atom. The van der Waals surface area contributed by atoms with Gasteiger partial charge in [-0.3, -0.25) is 0 Å².